The lowest BCUT2D eigenvalue weighted by molar-refractivity contribution is -0.137. The van der Waals surface area contributed by atoms with E-state index in [1.165, 1.54) is 25.1 Å². The van der Waals surface area contributed by atoms with Gasteiger partial charge in [-0.05, 0) is 42.9 Å². The highest BCUT2D eigenvalue weighted by atomic mass is 16.5. The van der Waals surface area contributed by atoms with Gasteiger partial charge in [-0.3, -0.25) is 14.3 Å². The normalized spacial score (nSPS) is 13.4. The summed E-state index contributed by atoms with van der Waals surface area (Å²) < 4.78 is 6.75. The Bertz CT molecular complexity index is 1140. The van der Waals surface area contributed by atoms with E-state index >= 15 is 0 Å². The van der Waals surface area contributed by atoms with E-state index in [4.69, 9.17) is 9.72 Å². The SMILES string of the molecule is COc1ccc(C(CC(=O)O)NC(=O)c2cnn(CCCc3ccc4c(n3)NCCC4)c2)cn1. The summed E-state index contributed by atoms with van der Waals surface area (Å²) in [5, 5.41) is 19.7. The number of hydrogen-bond acceptors (Lipinski definition) is 7. The van der Waals surface area contributed by atoms with Crippen LogP contribution in [0, 0.1) is 0 Å². The summed E-state index contributed by atoms with van der Waals surface area (Å²) in [4.78, 5) is 32.9. The molecule has 178 valence electrons. The molecule has 0 bridgehead atoms. The van der Waals surface area contributed by atoms with Gasteiger partial charge in [-0.1, -0.05) is 12.1 Å². The molecule has 1 atom stereocenters. The van der Waals surface area contributed by atoms with Crippen molar-refractivity contribution in [3.8, 4) is 5.88 Å². The largest absolute Gasteiger partial charge is 0.481 e. The Hall–Kier alpha value is -3.95. The maximum absolute atomic E-state index is 12.8. The maximum Gasteiger partial charge on any atom is 0.305 e. The molecular formula is C24H28N6O4. The van der Waals surface area contributed by atoms with Gasteiger partial charge in [0.25, 0.3) is 5.91 Å². The molecule has 0 aromatic carbocycles. The fourth-order valence-corrected chi connectivity index (χ4v) is 3.92. The highest BCUT2D eigenvalue weighted by Gasteiger charge is 2.20. The number of carboxylic acids is 1. The molecule has 1 aliphatic rings. The summed E-state index contributed by atoms with van der Waals surface area (Å²) >= 11 is 0. The number of aromatic nitrogens is 4. The Morgan fingerprint density at radius 3 is 2.91 bits per heavy atom. The van der Waals surface area contributed by atoms with Gasteiger partial charge in [0.15, 0.2) is 0 Å². The van der Waals surface area contributed by atoms with E-state index in [1.54, 1.807) is 23.0 Å². The number of amides is 1. The minimum Gasteiger partial charge on any atom is -0.481 e. The Balaban J connectivity index is 1.33. The molecular weight excluding hydrogens is 436 g/mol. The zero-order chi connectivity index (χ0) is 23.9. The minimum absolute atomic E-state index is 0.267. The number of fused-ring (bicyclic) bond motifs is 1. The highest BCUT2D eigenvalue weighted by molar-refractivity contribution is 5.94. The summed E-state index contributed by atoms with van der Waals surface area (Å²) in [7, 11) is 1.50. The zero-order valence-electron chi connectivity index (χ0n) is 19.0. The Morgan fingerprint density at radius 2 is 2.15 bits per heavy atom. The summed E-state index contributed by atoms with van der Waals surface area (Å²) in [6.07, 6.45) is 8.22. The van der Waals surface area contributed by atoms with Crippen molar-refractivity contribution in [3.05, 3.63) is 65.2 Å². The number of carboxylic acid groups (broad SMARTS) is 1. The highest BCUT2D eigenvalue weighted by Crippen LogP contribution is 2.21. The first-order chi connectivity index (χ1) is 16.5. The van der Waals surface area contributed by atoms with Crippen molar-refractivity contribution in [2.45, 2.75) is 44.7 Å². The second kappa shape index (κ2) is 10.8. The number of aryl methyl sites for hydroxylation is 3. The molecule has 1 amide bonds. The fraction of sp³-hybridized carbons (Fsp3) is 0.375. The number of rotatable bonds is 10. The van der Waals surface area contributed by atoms with Crippen molar-refractivity contribution in [2.24, 2.45) is 0 Å². The van der Waals surface area contributed by atoms with Crippen molar-refractivity contribution < 1.29 is 19.4 Å². The number of aliphatic carboxylic acids is 1. The molecule has 1 aliphatic heterocycles. The molecule has 0 aliphatic carbocycles. The number of methoxy groups -OCH3 is 1. The molecule has 3 aromatic rings. The molecule has 34 heavy (non-hydrogen) atoms. The van der Waals surface area contributed by atoms with Gasteiger partial charge in [-0.2, -0.15) is 5.10 Å². The predicted octanol–water partition coefficient (Wildman–Crippen LogP) is 2.62. The Morgan fingerprint density at radius 1 is 1.26 bits per heavy atom. The first kappa shape index (κ1) is 23.2. The third-order valence-electron chi connectivity index (χ3n) is 5.72. The lowest BCUT2D eigenvalue weighted by atomic mass is 10.1. The quantitative estimate of drug-likeness (QED) is 0.417. The average molecular weight is 465 g/mol. The third kappa shape index (κ3) is 5.89. The monoisotopic (exact) mass is 464 g/mol. The van der Waals surface area contributed by atoms with E-state index in [1.807, 2.05) is 0 Å². The van der Waals surface area contributed by atoms with Gasteiger partial charge in [-0.25, -0.2) is 9.97 Å². The number of nitrogens with zero attached hydrogens (tertiary/aromatic N) is 4. The zero-order valence-corrected chi connectivity index (χ0v) is 19.0. The standard InChI is InChI=1S/C24H28N6O4/c1-34-21-9-7-17(13-26-21)20(12-22(31)32)29-24(33)18-14-27-30(15-18)11-3-5-19-8-6-16-4-2-10-25-23(16)28-19/h6-9,13-15,20H,2-5,10-12H2,1H3,(H,25,28)(H,29,33)(H,31,32). The van der Waals surface area contributed by atoms with E-state index in [0.717, 1.165) is 43.7 Å². The van der Waals surface area contributed by atoms with E-state index in [2.05, 4.69) is 32.8 Å². The van der Waals surface area contributed by atoms with Crippen LogP contribution in [0.25, 0.3) is 0 Å². The second-order valence-electron chi connectivity index (χ2n) is 8.19. The number of hydrogen-bond donors (Lipinski definition) is 3. The molecule has 0 saturated carbocycles. The number of nitrogens with one attached hydrogen (secondary N) is 2. The second-order valence-corrected chi connectivity index (χ2v) is 8.19. The smallest absolute Gasteiger partial charge is 0.305 e. The minimum atomic E-state index is -1.03. The predicted molar refractivity (Wildman–Crippen MR) is 125 cm³/mol. The molecule has 4 rings (SSSR count). The van der Waals surface area contributed by atoms with Gasteiger partial charge in [0.1, 0.15) is 5.82 Å². The molecule has 10 nitrogen and oxygen atoms in total. The maximum atomic E-state index is 12.8. The lowest BCUT2D eigenvalue weighted by Gasteiger charge is -2.17. The van der Waals surface area contributed by atoms with Crippen molar-refractivity contribution in [3.63, 3.8) is 0 Å². The van der Waals surface area contributed by atoms with Gasteiger partial charge >= 0.3 is 5.97 Å². The topological polar surface area (TPSA) is 131 Å². The molecule has 10 heteroatoms. The molecule has 0 fully saturated rings. The van der Waals surface area contributed by atoms with Gasteiger partial charge in [0.05, 0.1) is 31.3 Å². The molecule has 0 spiro atoms. The van der Waals surface area contributed by atoms with E-state index in [9.17, 15) is 14.7 Å². The van der Waals surface area contributed by atoms with Crippen LogP contribution in [0.3, 0.4) is 0 Å². The molecule has 1 unspecified atom stereocenters. The number of ether oxygens (including phenoxy) is 1. The average Bonchev–Trinajstić information content (AvgIpc) is 3.32. The van der Waals surface area contributed by atoms with Gasteiger partial charge < -0.3 is 20.5 Å². The fourth-order valence-electron chi connectivity index (χ4n) is 3.92. The van der Waals surface area contributed by atoms with Crippen molar-refractivity contribution in [2.75, 3.05) is 19.0 Å². The van der Waals surface area contributed by atoms with Crippen LogP contribution in [-0.2, 0) is 24.2 Å². The lowest BCUT2D eigenvalue weighted by Crippen LogP contribution is -2.30. The molecule has 3 aromatic heterocycles. The van der Waals surface area contributed by atoms with Crippen molar-refractivity contribution in [1.82, 2.24) is 25.1 Å². The van der Waals surface area contributed by atoms with Crippen LogP contribution in [0.15, 0.2) is 42.9 Å². The number of anilines is 1. The van der Waals surface area contributed by atoms with Crippen molar-refractivity contribution in [1.29, 1.82) is 0 Å². The number of carbonyl (C=O) groups is 2. The molecule has 0 saturated heterocycles. The van der Waals surface area contributed by atoms with Crippen LogP contribution in [-0.4, -0.2) is 50.4 Å². The van der Waals surface area contributed by atoms with Gasteiger partial charge in [-0.15, -0.1) is 0 Å². The summed E-state index contributed by atoms with van der Waals surface area (Å²) in [5.41, 5.74) is 3.25. The molecule has 4 heterocycles. The van der Waals surface area contributed by atoms with Crippen LogP contribution in [0.4, 0.5) is 5.82 Å². The van der Waals surface area contributed by atoms with Gasteiger partial charge in [0.2, 0.25) is 5.88 Å². The summed E-state index contributed by atoms with van der Waals surface area (Å²) in [6.45, 7) is 1.60. The van der Waals surface area contributed by atoms with Crippen molar-refractivity contribution >= 4 is 17.7 Å². The number of pyridine rings is 2. The van der Waals surface area contributed by atoms with Crippen LogP contribution < -0.4 is 15.4 Å². The Kier molecular flexibility index (Phi) is 7.36. The van der Waals surface area contributed by atoms with Crippen LogP contribution in [0.5, 0.6) is 5.88 Å². The molecule has 0 radical (unpaired) electrons. The van der Waals surface area contributed by atoms with E-state index in [-0.39, 0.29) is 6.42 Å². The van der Waals surface area contributed by atoms with Crippen LogP contribution in [0.1, 0.15) is 52.5 Å². The first-order valence-electron chi connectivity index (χ1n) is 11.3. The van der Waals surface area contributed by atoms with Gasteiger partial charge in [0, 0.05) is 37.2 Å². The third-order valence-corrected chi connectivity index (χ3v) is 5.72. The van der Waals surface area contributed by atoms with Crippen LogP contribution >= 0.6 is 0 Å². The number of carbonyl (C=O) groups excluding carboxylic acids is 1. The summed E-state index contributed by atoms with van der Waals surface area (Å²) in [5.74, 6) is -0.0180. The molecule has 3 N–H and O–H groups in total. The first-order valence-corrected chi connectivity index (χ1v) is 11.3. The summed E-state index contributed by atoms with van der Waals surface area (Å²) in [6, 6.07) is 6.81. The van der Waals surface area contributed by atoms with Crippen LogP contribution in [0.2, 0.25) is 0 Å². The van der Waals surface area contributed by atoms with E-state index < -0.39 is 17.9 Å². The Labute approximate surface area is 197 Å². The van der Waals surface area contributed by atoms with E-state index in [0.29, 0.717) is 23.6 Å².